The molecule has 0 bridgehead atoms. The lowest BCUT2D eigenvalue weighted by atomic mass is 9.87. The summed E-state index contributed by atoms with van der Waals surface area (Å²) in [5.41, 5.74) is -0.215. The van der Waals surface area contributed by atoms with Gasteiger partial charge in [0.15, 0.2) is 0 Å². The van der Waals surface area contributed by atoms with E-state index in [9.17, 15) is 14.7 Å². The minimum atomic E-state index is -0.597. The van der Waals surface area contributed by atoms with Gasteiger partial charge in [-0.05, 0) is 24.7 Å². The van der Waals surface area contributed by atoms with Crippen molar-refractivity contribution in [3.8, 4) is 0 Å². The SMILES string of the molecule is CC(C)(C)C(O)CCNC(=O)C(=O)NC1CCCCCC1. The third-order valence-corrected chi connectivity index (χ3v) is 4.10. The Balaban J connectivity index is 2.26. The van der Waals surface area contributed by atoms with Crippen molar-refractivity contribution in [3.05, 3.63) is 0 Å². The molecule has 21 heavy (non-hydrogen) atoms. The summed E-state index contributed by atoms with van der Waals surface area (Å²) in [6.07, 6.45) is 6.53. The van der Waals surface area contributed by atoms with Crippen LogP contribution < -0.4 is 10.6 Å². The van der Waals surface area contributed by atoms with Crippen LogP contribution >= 0.6 is 0 Å². The summed E-state index contributed by atoms with van der Waals surface area (Å²) in [4.78, 5) is 23.5. The van der Waals surface area contributed by atoms with Gasteiger partial charge in [-0.3, -0.25) is 9.59 Å². The summed E-state index contributed by atoms with van der Waals surface area (Å²) in [6, 6.07) is 0.130. The van der Waals surface area contributed by atoms with Crippen LogP contribution in [-0.4, -0.2) is 35.6 Å². The highest BCUT2D eigenvalue weighted by atomic mass is 16.3. The van der Waals surface area contributed by atoms with Crippen LogP contribution in [0.4, 0.5) is 0 Å². The molecule has 0 aromatic heterocycles. The number of aliphatic hydroxyl groups is 1. The van der Waals surface area contributed by atoms with E-state index in [2.05, 4.69) is 10.6 Å². The van der Waals surface area contributed by atoms with Crippen LogP contribution in [0.3, 0.4) is 0 Å². The van der Waals surface area contributed by atoms with Crippen molar-refractivity contribution in [1.82, 2.24) is 10.6 Å². The standard InChI is InChI=1S/C16H30N2O3/c1-16(2,3)13(19)10-11-17-14(20)15(21)18-12-8-6-4-5-7-9-12/h12-13,19H,4-11H2,1-3H3,(H,17,20)(H,18,21). The van der Waals surface area contributed by atoms with Gasteiger partial charge in [0, 0.05) is 12.6 Å². The van der Waals surface area contributed by atoms with Gasteiger partial charge >= 0.3 is 11.8 Å². The molecule has 0 radical (unpaired) electrons. The molecule has 122 valence electrons. The molecule has 1 fully saturated rings. The Kier molecular flexibility index (Phi) is 7.15. The summed E-state index contributed by atoms with van der Waals surface area (Å²) < 4.78 is 0. The van der Waals surface area contributed by atoms with Gasteiger partial charge in [0.1, 0.15) is 0 Å². The highest BCUT2D eigenvalue weighted by Gasteiger charge is 2.23. The molecule has 0 saturated heterocycles. The van der Waals surface area contributed by atoms with Gasteiger partial charge in [0.2, 0.25) is 0 Å². The Morgan fingerprint density at radius 2 is 1.67 bits per heavy atom. The van der Waals surface area contributed by atoms with E-state index in [1.165, 1.54) is 12.8 Å². The molecule has 1 rings (SSSR count). The van der Waals surface area contributed by atoms with Crippen molar-refractivity contribution >= 4 is 11.8 Å². The lowest BCUT2D eigenvalue weighted by Gasteiger charge is -2.25. The van der Waals surface area contributed by atoms with E-state index in [1.807, 2.05) is 20.8 Å². The second-order valence-corrected chi connectivity index (χ2v) is 7.09. The van der Waals surface area contributed by atoms with Gasteiger partial charge in [-0.1, -0.05) is 46.5 Å². The molecule has 1 unspecified atom stereocenters. The normalized spacial score (nSPS) is 18.7. The predicted molar refractivity (Wildman–Crippen MR) is 82.7 cm³/mol. The number of amides is 2. The van der Waals surface area contributed by atoms with Crippen LogP contribution in [0.1, 0.15) is 65.7 Å². The molecule has 5 nitrogen and oxygen atoms in total. The zero-order chi connectivity index (χ0) is 15.9. The molecule has 1 atom stereocenters. The fourth-order valence-electron chi connectivity index (χ4n) is 2.51. The van der Waals surface area contributed by atoms with Crippen LogP contribution in [0, 0.1) is 5.41 Å². The van der Waals surface area contributed by atoms with Crippen LogP contribution in [0.5, 0.6) is 0 Å². The molecule has 0 spiro atoms. The maximum absolute atomic E-state index is 11.8. The topological polar surface area (TPSA) is 78.4 Å². The smallest absolute Gasteiger partial charge is 0.309 e. The highest BCUT2D eigenvalue weighted by molar-refractivity contribution is 6.35. The highest BCUT2D eigenvalue weighted by Crippen LogP contribution is 2.21. The number of hydrogen-bond donors (Lipinski definition) is 3. The molecular formula is C16H30N2O3. The zero-order valence-corrected chi connectivity index (χ0v) is 13.6. The Labute approximate surface area is 127 Å². The quantitative estimate of drug-likeness (QED) is 0.546. The Morgan fingerprint density at radius 1 is 1.10 bits per heavy atom. The van der Waals surface area contributed by atoms with Gasteiger partial charge < -0.3 is 15.7 Å². The average Bonchev–Trinajstić information content (AvgIpc) is 2.65. The van der Waals surface area contributed by atoms with E-state index in [4.69, 9.17) is 0 Å². The first-order valence-corrected chi connectivity index (χ1v) is 8.07. The molecule has 0 aliphatic heterocycles. The molecule has 2 amide bonds. The molecule has 0 heterocycles. The molecule has 1 saturated carbocycles. The van der Waals surface area contributed by atoms with Crippen molar-refractivity contribution < 1.29 is 14.7 Å². The fourth-order valence-corrected chi connectivity index (χ4v) is 2.51. The minimum Gasteiger partial charge on any atom is -0.393 e. The largest absolute Gasteiger partial charge is 0.393 e. The van der Waals surface area contributed by atoms with E-state index >= 15 is 0 Å². The summed E-state index contributed by atoms with van der Waals surface area (Å²) in [5.74, 6) is -1.15. The maximum atomic E-state index is 11.8. The van der Waals surface area contributed by atoms with Crippen molar-refractivity contribution in [2.45, 2.75) is 77.9 Å². The third-order valence-electron chi connectivity index (χ3n) is 4.10. The summed E-state index contributed by atoms with van der Waals surface area (Å²) in [6.45, 7) is 6.14. The molecule has 0 aromatic carbocycles. The number of carbonyl (C=O) groups is 2. The van der Waals surface area contributed by atoms with Crippen molar-refractivity contribution in [2.75, 3.05) is 6.54 Å². The number of carbonyl (C=O) groups excluding carboxylic acids is 2. The monoisotopic (exact) mass is 298 g/mol. The lowest BCUT2D eigenvalue weighted by Crippen LogP contribution is -2.45. The Morgan fingerprint density at radius 3 is 2.19 bits per heavy atom. The van der Waals surface area contributed by atoms with Crippen molar-refractivity contribution in [1.29, 1.82) is 0 Å². The van der Waals surface area contributed by atoms with E-state index in [1.54, 1.807) is 0 Å². The van der Waals surface area contributed by atoms with Gasteiger partial charge in [-0.25, -0.2) is 0 Å². The van der Waals surface area contributed by atoms with Crippen LogP contribution in [-0.2, 0) is 9.59 Å². The second-order valence-electron chi connectivity index (χ2n) is 7.09. The van der Waals surface area contributed by atoms with Gasteiger partial charge in [0.05, 0.1) is 6.10 Å². The Hall–Kier alpha value is -1.10. The molecule has 1 aliphatic rings. The minimum absolute atomic E-state index is 0.130. The zero-order valence-electron chi connectivity index (χ0n) is 13.6. The van der Waals surface area contributed by atoms with Crippen LogP contribution in [0.25, 0.3) is 0 Å². The van der Waals surface area contributed by atoms with Crippen molar-refractivity contribution in [3.63, 3.8) is 0 Å². The first-order valence-electron chi connectivity index (χ1n) is 8.07. The molecule has 3 N–H and O–H groups in total. The van der Waals surface area contributed by atoms with Crippen LogP contribution in [0.2, 0.25) is 0 Å². The summed E-state index contributed by atoms with van der Waals surface area (Å²) in [7, 11) is 0. The number of hydrogen-bond acceptors (Lipinski definition) is 3. The van der Waals surface area contributed by atoms with Gasteiger partial charge in [-0.15, -0.1) is 0 Å². The maximum Gasteiger partial charge on any atom is 0.309 e. The second kappa shape index (κ2) is 8.37. The van der Waals surface area contributed by atoms with E-state index in [-0.39, 0.29) is 11.5 Å². The van der Waals surface area contributed by atoms with Gasteiger partial charge in [-0.2, -0.15) is 0 Å². The molecule has 5 heteroatoms. The number of rotatable bonds is 4. The summed E-state index contributed by atoms with van der Waals surface area (Å²) in [5, 5.41) is 15.3. The number of nitrogens with one attached hydrogen (secondary N) is 2. The average molecular weight is 298 g/mol. The van der Waals surface area contributed by atoms with E-state index in [0.29, 0.717) is 13.0 Å². The molecular weight excluding hydrogens is 268 g/mol. The molecule has 1 aliphatic carbocycles. The van der Waals surface area contributed by atoms with E-state index < -0.39 is 17.9 Å². The first-order chi connectivity index (χ1) is 9.80. The van der Waals surface area contributed by atoms with Gasteiger partial charge in [0.25, 0.3) is 0 Å². The summed E-state index contributed by atoms with van der Waals surface area (Å²) >= 11 is 0. The van der Waals surface area contributed by atoms with E-state index in [0.717, 1.165) is 25.7 Å². The number of aliphatic hydroxyl groups excluding tert-OH is 1. The fraction of sp³-hybridized carbons (Fsp3) is 0.875. The third kappa shape index (κ3) is 6.93. The Bertz CT molecular complexity index is 342. The first kappa shape index (κ1) is 18.0. The van der Waals surface area contributed by atoms with Crippen molar-refractivity contribution in [2.24, 2.45) is 5.41 Å². The molecule has 0 aromatic rings. The van der Waals surface area contributed by atoms with Crippen LogP contribution in [0.15, 0.2) is 0 Å². The predicted octanol–water partition coefficient (Wildman–Crippen LogP) is 1.74. The lowest BCUT2D eigenvalue weighted by molar-refractivity contribution is -0.139.